The highest BCUT2D eigenvalue weighted by Crippen LogP contribution is 2.46. The van der Waals surface area contributed by atoms with Gasteiger partial charge in [0.1, 0.15) is 11.7 Å². The molecule has 2 heterocycles. The van der Waals surface area contributed by atoms with Crippen molar-refractivity contribution in [3.05, 3.63) is 58.6 Å². The average molecular weight is 400 g/mol. The lowest BCUT2D eigenvalue weighted by Gasteiger charge is -2.41. The number of halogens is 1. The number of ether oxygens (including phenoxy) is 1. The summed E-state index contributed by atoms with van der Waals surface area (Å²) >= 11 is 3.33. The second-order valence-corrected chi connectivity index (χ2v) is 7.16. The summed E-state index contributed by atoms with van der Waals surface area (Å²) in [6, 6.07) is 13.9. The molecule has 0 aliphatic carbocycles. The number of imide groups is 1. The minimum atomic E-state index is -1.01. The molecule has 5 nitrogen and oxygen atoms in total. The Kier molecular flexibility index (Phi) is 3.72. The van der Waals surface area contributed by atoms with E-state index in [-0.39, 0.29) is 5.91 Å². The van der Waals surface area contributed by atoms with Crippen LogP contribution in [0.15, 0.2) is 53.0 Å². The quantitative estimate of drug-likeness (QED) is 0.319. The zero-order valence-electron chi connectivity index (χ0n) is 13.3. The Bertz CT molecular complexity index is 893. The molecule has 3 atom stereocenters. The van der Waals surface area contributed by atoms with Gasteiger partial charge >= 0.3 is 5.97 Å². The number of hydrogen-bond acceptors (Lipinski definition) is 4. The predicted molar refractivity (Wildman–Crippen MR) is 94.1 cm³/mol. The van der Waals surface area contributed by atoms with Crippen LogP contribution in [0.4, 0.5) is 5.69 Å². The molecule has 0 aromatic heterocycles. The van der Waals surface area contributed by atoms with Gasteiger partial charge in [0.05, 0.1) is 5.69 Å². The van der Waals surface area contributed by atoms with Gasteiger partial charge in [-0.05, 0) is 30.3 Å². The predicted octanol–water partition coefficient (Wildman–Crippen LogP) is 3.28. The van der Waals surface area contributed by atoms with Crippen molar-refractivity contribution in [2.45, 2.75) is 12.8 Å². The number of carbonyl (C=O) groups is 3. The number of amides is 2. The average Bonchev–Trinajstić information content (AvgIpc) is 2.60. The maximum absolute atomic E-state index is 13.0. The van der Waals surface area contributed by atoms with Gasteiger partial charge in [-0.3, -0.25) is 14.4 Å². The van der Waals surface area contributed by atoms with E-state index >= 15 is 0 Å². The summed E-state index contributed by atoms with van der Waals surface area (Å²) in [7, 11) is 0. The van der Waals surface area contributed by atoms with Crippen molar-refractivity contribution in [1.29, 1.82) is 0 Å². The van der Waals surface area contributed by atoms with Gasteiger partial charge in [0, 0.05) is 21.9 Å². The molecule has 2 aromatic rings. The van der Waals surface area contributed by atoms with E-state index < -0.39 is 29.6 Å². The van der Waals surface area contributed by atoms with E-state index in [0.29, 0.717) is 11.4 Å². The van der Waals surface area contributed by atoms with E-state index in [4.69, 9.17) is 4.74 Å². The van der Waals surface area contributed by atoms with Gasteiger partial charge < -0.3 is 4.74 Å². The zero-order chi connectivity index (χ0) is 17.7. The Morgan fingerprint density at radius 3 is 2.36 bits per heavy atom. The highest BCUT2D eigenvalue weighted by molar-refractivity contribution is 9.10. The first-order valence-corrected chi connectivity index (χ1v) is 8.72. The first-order valence-electron chi connectivity index (χ1n) is 7.93. The number of fused-ring (bicyclic) bond motifs is 3. The van der Waals surface area contributed by atoms with Gasteiger partial charge in [0.15, 0.2) is 0 Å². The molecule has 1 saturated heterocycles. The van der Waals surface area contributed by atoms with Crippen LogP contribution >= 0.6 is 15.9 Å². The van der Waals surface area contributed by atoms with Crippen LogP contribution < -0.4 is 9.64 Å². The van der Waals surface area contributed by atoms with Crippen molar-refractivity contribution >= 4 is 39.4 Å². The highest BCUT2D eigenvalue weighted by Gasteiger charge is 2.54. The molecule has 2 amide bonds. The number of anilines is 1. The molecular formula is C19H14BrNO4. The Balaban J connectivity index is 1.81. The summed E-state index contributed by atoms with van der Waals surface area (Å²) in [5, 5.41) is 0. The summed E-state index contributed by atoms with van der Waals surface area (Å²) in [6.07, 6.45) is 0. The first-order chi connectivity index (χ1) is 12.0. The van der Waals surface area contributed by atoms with Gasteiger partial charge in [-0.25, -0.2) is 4.90 Å². The Hall–Kier alpha value is -2.47. The molecule has 1 fully saturated rings. The molecule has 0 radical (unpaired) electrons. The number of para-hydroxylation sites is 1. The summed E-state index contributed by atoms with van der Waals surface area (Å²) in [6.45, 7) is 1.76. The Morgan fingerprint density at radius 2 is 1.64 bits per heavy atom. The summed E-state index contributed by atoms with van der Waals surface area (Å²) < 4.78 is 6.19. The third kappa shape index (κ3) is 2.40. The van der Waals surface area contributed by atoms with Crippen molar-refractivity contribution in [2.24, 2.45) is 11.8 Å². The topological polar surface area (TPSA) is 63.7 Å². The number of piperidine rings is 1. The van der Waals surface area contributed by atoms with Gasteiger partial charge in [0.25, 0.3) is 0 Å². The van der Waals surface area contributed by atoms with Gasteiger partial charge in [-0.1, -0.05) is 41.1 Å². The molecule has 25 heavy (non-hydrogen) atoms. The van der Waals surface area contributed by atoms with E-state index in [1.165, 1.54) is 0 Å². The second-order valence-electron chi connectivity index (χ2n) is 6.24. The van der Waals surface area contributed by atoms with E-state index in [1.807, 2.05) is 12.1 Å². The van der Waals surface area contributed by atoms with E-state index in [1.54, 1.807) is 43.3 Å². The third-order valence-corrected chi connectivity index (χ3v) is 5.35. The molecule has 2 aliphatic rings. The summed E-state index contributed by atoms with van der Waals surface area (Å²) in [4.78, 5) is 39.5. The molecule has 2 aliphatic heterocycles. The smallest absolute Gasteiger partial charge is 0.324 e. The largest absolute Gasteiger partial charge is 0.426 e. The Morgan fingerprint density at radius 1 is 0.960 bits per heavy atom. The minimum absolute atomic E-state index is 0.307. The fourth-order valence-corrected chi connectivity index (χ4v) is 3.87. The highest BCUT2D eigenvalue weighted by atomic mass is 79.9. The fourth-order valence-electron chi connectivity index (χ4n) is 3.61. The van der Waals surface area contributed by atoms with Gasteiger partial charge in [0.2, 0.25) is 11.8 Å². The van der Waals surface area contributed by atoms with Crippen molar-refractivity contribution in [1.82, 2.24) is 0 Å². The molecule has 126 valence electrons. The number of benzene rings is 2. The van der Waals surface area contributed by atoms with Crippen LogP contribution in [0.5, 0.6) is 5.75 Å². The van der Waals surface area contributed by atoms with Crippen molar-refractivity contribution in [3.63, 3.8) is 0 Å². The Labute approximate surface area is 152 Å². The molecule has 0 unspecified atom stereocenters. The maximum Gasteiger partial charge on any atom is 0.324 e. The van der Waals surface area contributed by atoms with E-state index in [2.05, 4.69) is 15.9 Å². The standard InChI is InChI=1S/C19H14BrNO4/c1-10-15-13-4-2-3-5-14(13)25-19(24)16(15)18(23)21(17(10)22)12-8-6-11(20)7-9-12/h2-10,15-16H,1H3/t10-,15-,16+/m0/s1. The number of nitrogens with zero attached hydrogens (tertiary/aromatic N) is 1. The molecular weight excluding hydrogens is 386 g/mol. The summed E-state index contributed by atoms with van der Waals surface area (Å²) in [5.41, 5.74) is 1.19. The molecule has 0 N–H and O–H groups in total. The molecule has 0 spiro atoms. The maximum atomic E-state index is 13.0. The van der Waals surface area contributed by atoms with Crippen molar-refractivity contribution in [2.75, 3.05) is 4.90 Å². The minimum Gasteiger partial charge on any atom is -0.426 e. The molecule has 0 saturated carbocycles. The number of esters is 1. The van der Waals surface area contributed by atoms with Crippen LogP contribution in [0, 0.1) is 11.8 Å². The monoisotopic (exact) mass is 399 g/mol. The zero-order valence-corrected chi connectivity index (χ0v) is 14.9. The number of carbonyl (C=O) groups excluding carboxylic acids is 3. The van der Waals surface area contributed by atoms with Crippen molar-refractivity contribution < 1.29 is 19.1 Å². The molecule has 0 bridgehead atoms. The second kappa shape index (κ2) is 5.81. The lowest BCUT2D eigenvalue weighted by atomic mass is 9.72. The molecule has 2 aromatic carbocycles. The lowest BCUT2D eigenvalue weighted by Crippen LogP contribution is -2.57. The SMILES string of the molecule is C[C@@H]1C(=O)N(c2ccc(Br)cc2)C(=O)[C@@H]2C(=O)Oc3ccccc3[C@@H]21. The van der Waals surface area contributed by atoms with Crippen LogP contribution in [-0.4, -0.2) is 17.8 Å². The van der Waals surface area contributed by atoms with Crippen LogP contribution in [0.25, 0.3) is 0 Å². The number of hydrogen-bond donors (Lipinski definition) is 0. The number of rotatable bonds is 1. The van der Waals surface area contributed by atoms with Crippen LogP contribution in [0.2, 0.25) is 0 Å². The first kappa shape index (κ1) is 16.0. The third-order valence-electron chi connectivity index (χ3n) is 4.82. The summed E-state index contributed by atoms with van der Waals surface area (Å²) in [5.74, 6) is -3.03. The van der Waals surface area contributed by atoms with E-state index in [0.717, 1.165) is 14.9 Å². The molecule has 6 heteroatoms. The normalized spacial score (nSPS) is 25.3. The van der Waals surface area contributed by atoms with Crippen molar-refractivity contribution in [3.8, 4) is 5.75 Å². The van der Waals surface area contributed by atoms with Gasteiger partial charge in [-0.15, -0.1) is 0 Å². The van der Waals surface area contributed by atoms with Crippen LogP contribution in [0.3, 0.4) is 0 Å². The van der Waals surface area contributed by atoms with Crippen LogP contribution in [-0.2, 0) is 14.4 Å². The fraction of sp³-hybridized carbons (Fsp3) is 0.211. The molecule has 4 rings (SSSR count). The van der Waals surface area contributed by atoms with E-state index in [9.17, 15) is 14.4 Å². The van der Waals surface area contributed by atoms with Gasteiger partial charge in [-0.2, -0.15) is 0 Å². The van der Waals surface area contributed by atoms with Crippen LogP contribution in [0.1, 0.15) is 18.4 Å². The lowest BCUT2D eigenvalue weighted by molar-refractivity contribution is -0.151.